The summed E-state index contributed by atoms with van der Waals surface area (Å²) in [4.78, 5) is 40.2. The predicted octanol–water partition coefficient (Wildman–Crippen LogP) is 3.63. The van der Waals surface area contributed by atoms with E-state index in [1.54, 1.807) is 19.2 Å². The predicted molar refractivity (Wildman–Crippen MR) is 143 cm³/mol. The highest BCUT2D eigenvalue weighted by Gasteiger charge is 2.54. The molecule has 1 fully saturated rings. The van der Waals surface area contributed by atoms with Crippen molar-refractivity contribution in [1.82, 2.24) is 10.2 Å². The number of hydrogen-bond acceptors (Lipinski definition) is 6. The van der Waals surface area contributed by atoms with Crippen molar-refractivity contribution in [2.75, 3.05) is 17.3 Å². The van der Waals surface area contributed by atoms with Crippen molar-refractivity contribution in [3.8, 4) is 5.75 Å². The van der Waals surface area contributed by atoms with Gasteiger partial charge in [0.1, 0.15) is 29.5 Å². The van der Waals surface area contributed by atoms with Gasteiger partial charge in [0, 0.05) is 10.2 Å². The molecule has 2 atom stereocenters. The van der Waals surface area contributed by atoms with Crippen LogP contribution < -0.4 is 10.1 Å². The lowest BCUT2D eigenvalue weighted by molar-refractivity contribution is -0.153. The quantitative estimate of drug-likeness (QED) is 0.204. The third-order valence-corrected chi connectivity index (χ3v) is 7.46. The van der Waals surface area contributed by atoms with E-state index < -0.39 is 12.0 Å². The van der Waals surface area contributed by atoms with Crippen molar-refractivity contribution in [3.63, 3.8) is 0 Å². The molecule has 1 saturated heterocycles. The van der Waals surface area contributed by atoms with Gasteiger partial charge in [-0.2, -0.15) is 0 Å². The molecule has 35 heavy (non-hydrogen) atoms. The van der Waals surface area contributed by atoms with Crippen molar-refractivity contribution in [2.24, 2.45) is 0 Å². The SMILES string of the molecule is COc1ccc(COC(=O)C2=C(/C=C/CI)CS[C@H]3[C@H](NC(=O)Cc4ccccc4)C(=O)N23)cc1. The fraction of sp³-hybridized carbons (Fsp3) is 0.269. The number of fused-ring (bicyclic) bond motifs is 1. The Balaban J connectivity index is 1.46. The minimum absolute atomic E-state index is 0.0761. The fourth-order valence-electron chi connectivity index (χ4n) is 3.89. The first-order valence-electron chi connectivity index (χ1n) is 11.1. The molecule has 2 aromatic carbocycles. The number of allylic oxidation sites excluding steroid dienone is 2. The normalized spacial score (nSPS) is 19.3. The van der Waals surface area contributed by atoms with Gasteiger partial charge < -0.3 is 14.8 Å². The molecule has 0 aliphatic carbocycles. The molecule has 0 radical (unpaired) electrons. The number of thioether (sulfide) groups is 1. The van der Waals surface area contributed by atoms with E-state index in [2.05, 4.69) is 27.9 Å². The van der Waals surface area contributed by atoms with Crippen LogP contribution in [0, 0.1) is 0 Å². The number of β-lactam (4-membered cyclic amide) rings is 1. The summed E-state index contributed by atoms with van der Waals surface area (Å²) in [5.74, 6) is 0.173. The highest BCUT2D eigenvalue weighted by molar-refractivity contribution is 14.1. The summed E-state index contributed by atoms with van der Waals surface area (Å²) in [5.41, 5.74) is 2.68. The average molecular weight is 604 g/mol. The van der Waals surface area contributed by atoms with E-state index in [1.807, 2.05) is 54.6 Å². The largest absolute Gasteiger partial charge is 0.497 e. The number of methoxy groups -OCH3 is 1. The molecule has 1 N–H and O–H groups in total. The number of halogens is 1. The molecule has 2 aliphatic rings. The first-order chi connectivity index (χ1) is 17.0. The molecule has 0 aromatic heterocycles. The van der Waals surface area contributed by atoms with Crippen molar-refractivity contribution in [3.05, 3.63) is 89.1 Å². The number of nitrogens with zero attached hydrogens (tertiary/aromatic N) is 1. The molecular formula is C26H25IN2O5S. The van der Waals surface area contributed by atoms with Gasteiger partial charge in [0.2, 0.25) is 5.91 Å². The van der Waals surface area contributed by atoms with Crippen molar-refractivity contribution in [2.45, 2.75) is 24.4 Å². The molecule has 7 nitrogen and oxygen atoms in total. The van der Waals surface area contributed by atoms with Crippen LogP contribution in [0.3, 0.4) is 0 Å². The van der Waals surface area contributed by atoms with Crippen LogP contribution in [0.2, 0.25) is 0 Å². The molecule has 2 heterocycles. The van der Waals surface area contributed by atoms with Gasteiger partial charge in [-0.1, -0.05) is 77.2 Å². The zero-order chi connectivity index (χ0) is 24.8. The topological polar surface area (TPSA) is 84.9 Å². The molecule has 9 heteroatoms. The Morgan fingerprint density at radius 3 is 2.57 bits per heavy atom. The number of carbonyl (C=O) groups is 3. The molecule has 4 rings (SSSR count). The van der Waals surface area contributed by atoms with Crippen molar-refractivity contribution >= 4 is 52.1 Å². The zero-order valence-corrected chi connectivity index (χ0v) is 22.1. The Morgan fingerprint density at radius 2 is 1.89 bits per heavy atom. The fourth-order valence-corrected chi connectivity index (χ4v) is 5.46. The van der Waals surface area contributed by atoms with Crippen LogP contribution in [-0.4, -0.2) is 51.4 Å². The maximum atomic E-state index is 13.1. The Morgan fingerprint density at radius 1 is 1.14 bits per heavy atom. The number of amides is 2. The van der Waals surface area contributed by atoms with Gasteiger partial charge in [-0.3, -0.25) is 14.5 Å². The van der Waals surface area contributed by atoms with Crippen molar-refractivity contribution < 1.29 is 23.9 Å². The van der Waals surface area contributed by atoms with Gasteiger partial charge in [-0.05, 0) is 28.8 Å². The first kappa shape index (κ1) is 25.3. The van der Waals surface area contributed by atoms with Crippen LogP contribution in [0.25, 0.3) is 0 Å². The minimum Gasteiger partial charge on any atom is -0.497 e. The molecule has 0 spiro atoms. The van der Waals surface area contributed by atoms with Crippen molar-refractivity contribution in [1.29, 1.82) is 0 Å². The summed E-state index contributed by atoms with van der Waals surface area (Å²) in [5, 5.41) is 2.50. The van der Waals surface area contributed by atoms with E-state index in [0.717, 1.165) is 21.1 Å². The van der Waals surface area contributed by atoms with Crippen LogP contribution in [-0.2, 0) is 32.1 Å². The van der Waals surface area contributed by atoms with Crippen LogP contribution in [0.5, 0.6) is 5.75 Å². The van der Waals surface area contributed by atoms with E-state index in [-0.39, 0.29) is 35.9 Å². The summed E-state index contributed by atoms with van der Waals surface area (Å²) in [6, 6.07) is 15.9. The molecule has 182 valence electrons. The number of nitrogens with one attached hydrogen (secondary N) is 1. The second-order valence-electron chi connectivity index (χ2n) is 7.97. The van der Waals surface area contributed by atoms with Gasteiger partial charge in [-0.25, -0.2) is 4.79 Å². The van der Waals surface area contributed by atoms with Gasteiger partial charge in [0.25, 0.3) is 5.91 Å². The highest BCUT2D eigenvalue weighted by Crippen LogP contribution is 2.41. The minimum atomic E-state index is -0.671. The van der Waals surface area contributed by atoms with Crippen LogP contribution >= 0.6 is 34.4 Å². The number of hydrogen-bond donors (Lipinski definition) is 1. The highest BCUT2D eigenvalue weighted by atomic mass is 127. The smallest absolute Gasteiger partial charge is 0.355 e. The lowest BCUT2D eigenvalue weighted by atomic mass is 10.0. The van der Waals surface area contributed by atoms with Crippen LogP contribution in [0.1, 0.15) is 11.1 Å². The number of alkyl halides is 1. The lowest BCUT2D eigenvalue weighted by Crippen LogP contribution is -2.70. The average Bonchev–Trinajstić information content (AvgIpc) is 2.89. The van der Waals surface area contributed by atoms with Gasteiger partial charge in [0.05, 0.1) is 13.5 Å². The zero-order valence-electron chi connectivity index (χ0n) is 19.1. The number of rotatable bonds is 9. The molecule has 0 unspecified atom stereocenters. The van der Waals surface area contributed by atoms with Gasteiger partial charge in [0.15, 0.2) is 0 Å². The third kappa shape index (κ3) is 5.90. The van der Waals surface area contributed by atoms with Gasteiger partial charge >= 0.3 is 5.97 Å². The van der Waals surface area contributed by atoms with E-state index >= 15 is 0 Å². The Kier molecular flexibility index (Phi) is 8.50. The van der Waals surface area contributed by atoms with E-state index in [1.165, 1.54) is 16.7 Å². The summed E-state index contributed by atoms with van der Waals surface area (Å²) < 4.78 is 11.5. The maximum Gasteiger partial charge on any atom is 0.355 e. The third-order valence-electron chi connectivity index (χ3n) is 5.65. The number of benzene rings is 2. The summed E-state index contributed by atoms with van der Waals surface area (Å²) >= 11 is 3.75. The van der Waals surface area contributed by atoms with E-state index in [9.17, 15) is 14.4 Å². The summed E-state index contributed by atoms with van der Waals surface area (Å²) in [7, 11) is 1.59. The Labute approximate surface area is 222 Å². The Hall–Kier alpha value is -2.79. The number of esters is 1. The molecule has 2 aromatic rings. The molecule has 0 saturated carbocycles. The van der Waals surface area contributed by atoms with Gasteiger partial charge in [-0.15, -0.1) is 11.8 Å². The first-order valence-corrected chi connectivity index (χ1v) is 13.6. The second kappa shape index (κ2) is 11.8. The molecule has 2 aliphatic heterocycles. The number of ether oxygens (including phenoxy) is 2. The second-order valence-corrected chi connectivity index (χ2v) is 9.96. The standard InChI is InChI=1S/C26H25IN2O5S/c1-33-20-11-9-18(10-12-20)15-34-26(32)23-19(8-5-13-27)16-35-25-22(24(31)29(23)25)28-21(30)14-17-6-3-2-4-7-17/h2-12,22,25H,13-16H2,1H3,(H,28,30)/b8-5+/t22-,25+/m1/s1. The molecule has 2 amide bonds. The summed E-state index contributed by atoms with van der Waals surface area (Å²) in [6.45, 7) is 0.0761. The molecular weight excluding hydrogens is 579 g/mol. The van der Waals surface area contributed by atoms with Crippen LogP contribution in [0.4, 0.5) is 0 Å². The summed E-state index contributed by atoms with van der Waals surface area (Å²) in [6.07, 6.45) is 4.00. The van der Waals surface area contributed by atoms with E-state index in [0.29, 0.717) is 11.5 Å². The maximum absolute atomic E-state index is 13.1. The molecule has 0 bridgehead atoms. The lowest BCUT2D eigenvalue weighted by Gasteiger charge is -2.49. The van der Waals surface area contributed by atoms with E-state index in [4.69, 9.17) is 9.47 Å². The Bertz CT molecular complexity index is 1150. The van der Waals surface area contributed by atoms with Crippen LogP contribution in [0.15, 0.2) is 78.0 Å². The monoisotopic (exact) mass is 604 g/mol. The number of carbonyl (C=O) groups excluding carboxylic acids is 3.